The predicted octanol–water partition coefficient (Wildman–Crippen LogP) is 10.1. The Morgan fingerprint density at radius 1 is 0.900 bits per heavy atom. The number of carbonyl (C=O) groups is 4. The Morgan fingerprint density at radius 3 is 2.12 bits per heavy atom. The zero-order valence-electron chi connectivity index (χ0n) is 38.4. The maximum Gasteiger partial charge on any atom is 0.509 e. The molecular weight excluding hydrogens is 765 g/mol. The van der Waals surface area contributed by atoms with Gasteiger partial charge >= 0.3 is 18.1 Å². The van der Waals surface area contributed by atoms with Gasteiger partial charge in [0, 0.05) is 23.2 Å². The van der Waals surface area contributed by atoms with Crippen molar-refractivity contribution in [3.63, 3.8) is 0 Å². The van der Waals surface area contributed by atoms with E-state index >= 15 is 0 Å². The molecule has 0 aromatic heterocycles. The van der Waals surface area contributed by atoms with Crippen LogP contribution in [0.1, 0.15) is 171 Å². The van der Waals surface area contributed by atoms with Gasteiger partial charge in [-0.15, -0.1) is 0 Å². The van der Waals surface area contributed by atoms with Crippen LogP contribution in [-0.2, 0) is 42.8 Å². The quantitative estimate of drug-likeness (QED) is 0.0596. The fourth-order valence-corrected chi connectivity index (χ4v) is 12.4. The smallest absolute Gasteiger partial charge is 0.459 e. The monoisotopic (exact) mass is 845 g/mol. The van der Waals surface area contributed by atoms with Gasteiger partial charge < -0.3 is 33.5 Å². The number of fused-ring (bicyclic) bond motifs is 2. The van der Waals surface area contributed by atoms with Gasteiger partial charge in [0.15, 0.2) is 18.2 Å². The summed E-state index contributed by atoms with van der Waals surface area (Å²) in [6, 6.07) is 0. The number of allylic oxidation sites excluding steroid dienone is 1. The Labute approximate surface area is 361 Å². The van der Waals surface area contributed by atoms with Gasteiger partial charge in [-0.2, -0.15) is 0 Å². The fourth-order valence-electron chi connectivity index (χ4n) is 12.4. The van der Waals surface area contributed by atoms with Gasteiger partial charge in [-0.25, -0.2) is 9.59 Å². The third-order valence-electron chi connectivity index (χ3n) is 15.5. The molecule has 5 aliphatic rings. The van der Waals surface area contributed by atoms with Crippen molar-refractivity contribution >= 4 is 23.9 Å². The Kier molecular flexibility index (Phi) is 18.0. The standard InChI is InChI=1S/C49H80O11/c1-9-10-11-12-13-14-15-16-17-18-19-20-21-22-42-55-28-35(57-42)29-56-47(54)60-45-38(51)25-34(7)37-27-40-49(30-50)39(48(37,45)8)24-23-33(6)43(49)44(46(53)58-40)59-41(52)26-36(31(2)3)32(4)5/h25,31-33,35-37,39-40,42-45,50H,9-24,26-30H2,1-8H3/t33-,35?,37?,39?,40+,42?,43?,44?,45+,48-,49-/m0/s1. The lowest BCUT2D eigenvalue weighted by atomic mass is 9.38. The van der Waals surface area contributed by atoms with Gasteiger partial charge in [0.2, 0.25) is 6.10 Å². The van der Waals surface area contributed by atoms with Gasteiger partial charge in [-0.3, -0.25) is 9.59 Å². The number of ketones is 1. The van der Waals surface area contributed by atoms with E-state index in [4.69, 9.17) is 28.4 Å². The molecule has 1 N–H and O–H groups in total. The summed E-state index contributed by atoms with van der Waals surface area (Å²) in [6.07, 6.45) is 16.1. The highest BCUT2D eigenvalue weighted by molar-refractivity contribution is 5.97. The van der Waals surface area contributed by atoms with Crippen molar-refractivity contribution in [3.8, 4) is 0 Å². The van der Waals surface area contributed by atoms with Gasteiger partial charge in [-0.1, -0.05) is 131 Å². The first-order chi connectivity index (χ1) is 28.7. The van der Waals surface area contributed by atoms with Crippen molar-refractivity contribution in [3.05, 3.63) is 11.6 Å². The van der Waals surface area contributed by atoms with Crippen molar-refractivity contribution in [1.82, 2.24) is 0 Å². The van der Waals surface area contributed by atoms with E-state index in [1.54, 1.807) is 0 Å². The summed E-state index contributed by atoms with van der Waals surface area (Å²) in [4.78, 5) is 54.8. The van der Waals surface area contributed by atoms with Crippen molar-refractivity contribution in [2.75, 3.05) is 19.8 Å². The zero-order valence-corrected chi connectivity index (χ0v) is 38.4. The molecule has 2 aliphatic heterocycles. The van der Waals surface area contributed by atoms with E-state index in [-0.39, 0.29) is 61.3 Å². The van der Waals surface area contributed by atoms with Crippen LogP contribution < -0.4 is 0 Å². The minimum Gasteiger partial charge on any atom is -0.459 e. The van der Waals surface area contributed by atoms with E-state index in [2.05, 4.69) is 34.6 Å². The van der Waals surface area contributed by atoms with Crippen molar-refractivity contribution < 1.29 is 52.7 Å². The number of aliphatic hydroxyl groups is 1. The first kappa shape index (κ1) is 48.5. The van der Waals surface area contributed by atoms with Crippen molar-refractivity contribution in [2.45, 2.75) is 202 Å². The second-order valence-electron chi connectivity index (χ2n) is 20.2. The van der Waals surface area contributed by atoms with Crippen LogP contribution in [0.5, 0.6) is 0 Å². The third-order valence-corrected chi connectivity index (χ3v) is 15.5. The van der Waals surface area contributed by atoms with Gasteiger partial charge in [0.25, 0.3) is 0 Å². The molecule has 4 fully saturated rings. The lowest BCUT2D eigenvalue weighted by molar-refractivity contribution is -0.282. The number of rotatable bonds is 23. The molecule has 2 heterocycles. The number of unbranched alkanes of at least 4 members (excludes halogenated alkanes) is 12. The molecule has 0 aromatic rings. The molecule has 11 atom stereocenters. The molecule has 0 bridgehead atoms. The minimum absolute atomic E-state index is 0.0625. The van der Waals surface area contributed by atoms with Crippen LogP contribution >= 0.6 is 0 Å². The van der Waals surface area contributed by atoms with E-state index in [1.165, 1.54) is 76.7 Å². The van der Waals surface area contributed by atoms with E-state index in [0.29, 0.717) is 25.9 Å². The number of carbonyl (C=O) groups excluding carboxylic acids is 4. The summed E-state index contributed by atoms with van der Waals surface area (Å²) in [5, 5.41) is 11.5. The minimum atomic E-state index is -1.19. The number of hydrogen-bond acceptors (Lipinski definition) is 11. The van der Waals surface area contributed by atoms with Gasteiger partial charge in [0.05, 0.1) is 13.2 Å². The molecule has 6 unspecified atom stereocenters. The molecular formula is C49H80O11. The Balaban J connectivity index is 1.16. The van der Waals surface area contributed by atoms with Crippen LogP contribution in [0.25, 0.3) is 0 Å². The largest absolute Gasteiger partial charge is 0.509 e. The normalized spacial score (nSPS) is 33.7. The lowest BCUT2D eigenvalue weighted by Gasteiger charge is -2.68. The summed E-state index contributed by atoms with van der Waals surface area (Å²) in [5.74, 6) is -2.14. The van der Waals surface area contributed by atoms with E-state index in [0.717, 1.165) is 24.8 Å². The zero-order chi connectivity index (χ0) is 43.6. The summed E-state index contributed by atoms with van der Waals surface area (Å²) < 4.78 is 35.8. The molecule has 0 aromatic carbocycles. The lowest BCUT2D eigenvalue weighted by Crippen LogP contribution is -2.73. The topological polar surface area (TPSA) is 144 Å². The average Bonchev–Trinajstić information content (AvgIpc) is 3.66. The molecule has 5 rings (SSSR count). The molecule has 0 amide bonds. The molecule has 2 saturated heterocycles. The summed E-state index contributed by atoms with van der Waals surface area (Å²) in [6.45, 7) is 16.4. The van der Waals surface area contributed by atoms with Crippen LogP contribution in [0, 0.1) is 52.3 Å². The molecule has 3 aliphatic carbocycles. The van der Waals surface area contributed by atoms with E-state index in [9.17, 15) is 24.3 Å². The Morgan fingerprint density at radius 2 is 1.52 bits per heavy atom. The van der Waals surface area contributed by atoms with Crippen LogP contribution in [0.2, 0.25) is 0 Å². The molecule has 11 heteroatoms. The molecule has 2 saturated carbocycles. The highest BCUT2D eigenvalue weighted by atomic mass is 16.8. The Bertz CT molecular complexity index is 1450. The maximum atomic E-state index is 14.0. The summed E-state index contributed by atoms with van der Waals surface area (Å²) >= 11 is 0. The van der Waals surface area contributed by atoms with Crippen LogP contribution in [0.15, 0.2) is 11.6 Å². The molecule has 0 radical (unpaired) electrons. The first-order valence-corrected chi connectivity index (χ1v) is 24.0. The van der Waals surface area contributed by atoms with E-state index < -0.39 is 65.2 Å². The number of hydrogen-bond donors (Lipinski definition) is 1. The van der Waals surface area contributed by atoms with Crippen molar-refractivity contribution in [1.29, 1.82) is 0 Å². The van der Waals surface area contributed by atoms with Crippen molar-refractivity contribution in [2.24, 2.45) is 52.3 Å². The van der Waals surface area contributed by atoms with Gasteiger partial charge in [0.1, 0.15) is 18.8 Å². The number of esters is 2. The fraction of sp³-hybridized carbons (Fsp3) is 0.878. The first-order valence-electron chi connectivity index (χ1n) is 24.0. The van der Waals surface area contributed by atoms with Crippen LogP contribution in [-0.4, -0.2) is 79.5 Å². The van der Waals surface area contributed by atoms with Crippen LogP contribution in [0.3, 0.4) is 0 Å². The third kappa shape index (κ3) is 11.0. The SMILES string of the molecule is CCCCCCCCCCCCCCCC1OCC(COC(=O)O[C@@H]2C(=O)C=C(C)C3C[C@H]4OC(=O)C(OC(=O)CC(C(C)C)C(C)C)C5[C@@H](C)CCC([C@]32C)[C@]54CO)O1. The second-order valence-corrected chi connectivity index (χ2v) is 20.2. The number of aliphatic hydroxyl groups excluding tert-OH is 1. The molecule has 342 valence electrons. The highest BCUT2D eigenvalue weighted by Crippen LogP contribution is 2.69. The molecule has 0 spiro atoms. The second kappa shape index (κ2) is 22.2. The predicted molar refractivity (Wildman–Crippen MR) is 229 cm³/mol. The molecule has 11 nitrogen and oxygen atoms in total. The van der Waals surface area contributed by atoms with Crippen LogP contribution in [0.4, 0.5) is 4.79 Å². The van der Waals surface area contributed by atoms with E-state index in [1.807, 2.05) is 20.8 Å². The number of ether oxygens (including phenoxy) is 6. The van der Waals surface area contributed by atoms with Gasteiger partial charge in [-0.05, 0) is 80.6 Å². The summed E-state index contributed by atoms with van der Waals surface area (Å²) in [5.41, 5.74) is -1.17. The molecule has 60 heavy (non-hydrogen) atoms. The maximum absolute atomic E-state index is 14.0. The summed E-state index contributed by atoms with van der Waals surface area (Å²) in [7, 11) is 0. The highest BCUT2D eigenvalue weighted by Gasteiger charge is 2.73. The average molecular weight is 845 g/mol. The Hall–Kier alpha value is -2.50.